The third kappa shape index (κ3) is 4.26. The molecule has 0 radical (unpaired) electrons. The fourth-order valence-electron chi connectivity index (χ4n) is 2.55. The Labute approximate surface area is 145 Å². The van der Waals surface area contributed by atoms with E-state index in [-0.39, 0.29) is 17.9 Å². The minimum absolute atomic E-state index is 0.0699. The lowest BCUT2D eigenvalue weighted by atomic mass is 9.97. The Bertz CT molecular complexity index is 724. The second-order valence-electron chi connectivity index (χ2n) is 6.64. The molecule has 0 atom stereocenters. The monoisotopic (exact) mass is 352 g/mol. The number of nitro groups is 1. The number of nitro benzene ring substituents is 1. The van der Waals surface area contributed by atoms with Crippen LogP contribution in [0.15, 0.2) is 18.2 Å². The van der Waals surface area contributed by atoms with Gasteiger partial charge in [0.25, 0.3) is 0 Å². The third-order valence-electron chi connectivity index (χ3n) is 3.68. The molecule has 0 aromatic heterocycles. The summed E-state index contributed by atoms with van der Waals surface area (Å²) < 4.78 is 25.0. The van der Waals surface area contributed by atoms with Crippen LogP contribution in [0.25, 0.3) is 5.57 Å². The highest BCUT2D eigenvalue weighted by atomic mass is 19.1. The lowest BCUT2D eigenvalue weighted by Crippen LogP contribution is -2.39. The Morgan fingerprint density at radius 3 is 2.52 bits per heavy atom. The Morgan fingerprint density at radius 1 is 1.36 bits per heavy atom. The van der Waals surface area contributed by atoms with Crippen molar-refractivity contribution in [2.45, 2.75) is 32.8 Å². The number of amides is 1. The Balaban J connectivity index is 2.28. The van der Waals surface area contributed by atoms with E-state index in [0.717, 1.165) is 6.07 Å². The molecule has 0 saturated heterocycles. The van der Waals surface area contributed by atoms with Crippen LogP contribution in [-0.4, -0.2) is 41.7 Å². The smallest absolute Gasteiger partial charge is 0.410 e. The van der Waals surface area contributed by atoms with Gasteiger partial charge in [-0.1, -0.05) is 6.08 Å². The number of rotatable bonds is 3. The fourth-order valence-corrected chi connectivity index (χ4v) is 2.55. The van der Waals surface area contributed by atoms with Gasteiger partial charge in [-0.2, -0.15) is 4.39 Å². The quantitative estimate of drug-likeness (QED) is 0.611. The van der Waals surface area contributed by atoms with Crippen molar-refractivity contribution in [3.8, 4) is 5.75 Å². The van der Waals surface area contributed by atoms with Gasteiger partial charge in [0.2, 0.25) is 5.82 Å². The van der Waals surface area contributed by atoms with E-state index >= 15 is 0 Å². The normalized spacial score (nSPS) is 14.8. The summed E-state index contributed by atoms with van der Waals surface area (Å²) in [7, 11) is 1.38. The summed E-state index contributed by atoms with van der Waals surface area (Å²) in [4.78, 5) is 23.8. The molecule has 8 heteroatoms. The van der Waals surface area contributed by atoms with Gasteiger partial charge < -0.3 is 14.4 Å². The molecule has 136 valence electrons. The number of carbonyl (C=O) groups excluding carboxylic acids is 1. The molecule has 1 aliphatic rings. The average Bonchev–Trinajstić information content (AvgIpc) is 2.52. The van der Waals surface area contributed by atoms with Crippen LogP contribution in [0.5, 0.6) is 5.75 Å². The first kappa shape index (κ1) is 18.7. The van der Waals surface area contributed by atoms with Crippen LogP contribution in [0.1, 0.15) is 32.8 Å². The Kier molecular flexibility index (Phi) is 5.30. The molecule has 1 aromatic rings. The molecule has 25 heavy (non-hydrogen) atoms. The zero-order valence-corrected chi connectivity index (χ0v) is 14.7. The predicted molar refractivity (Wildman–Crippen MR) is 90.0 cm³/mol. The van der Waals surface area contributed by atoms with Crippen molar-refractivity contribution in [1.29, 1.82) is 0 Å². The van der Waals surface area contributed by atoms with Crippen molar-refractivity contribution in [3.05, 3.63) is 39.7 Å². The van der Waals surface area contributed by atoms with Crippen molar-refractivity contribution >= 4 is 17.4 Å². The van der Waals surface area contributed by atoms with Crippen molar-refractivity contribution in [3.63, 3.8) is 0 Å². The fraction of sp³-hybridized carbons (Fsp3) is 0.471. The van der Waals surface area contributed by atoms with Gasteiger partial charge in [-0.3, -0.25) is 10.1 Å². The van der Waals surface area contributed by atoms with E-state index in [1.807, 2.05) is 0 Å². The predicted octanol–water partition coefficient (Wildman–Crippen LogP) is 3.77. The zero-order valence-electron chi connectivity index (χ0n) is 14.7. The van der Waals surface area contributed by atoms with E-state index in [0.29, 0.717) is 18.5 Å². The molecule has 1 amide bonds. The van der Waals surface area contributed by atoms with Crippen molar-refractivity contribution in [1.82, 2.24) is 4.90 Å². The van der Waals surface area contributed by atoms with Gasteiger partial charge in [0, 0.05) is 19.2 Å². The maximum Gasteiger partial charge on any atom is 0.410 e. The summed E-state index contributed by atoms with van der Waals surface area (Å²) in [5, 5.41) is 11.0. The van der Waals surface area contributed by atoms with Gasteiger partial charge in [0.05, 0.1) is 17.6 Å². The number of nitrogens with zero attached hydrogens (tertiary/aromatic N) is 2. The number of ether oxygens (including phenoxy) is 2. The number of benzene rings is 1. The lowest BCUT2D eigenvalue weighted by molar-refractivity contribution is -0.387. The molecule has 0 bridgehead atoms. The van der Waals surface area contributed by atoms with Crippen LogP contribution < -0.4 is 4.74 Å². The molecule has 1 aliphatic heterocycles. The Morgan fingerprint density at radius 2 is 2.04 bits per heavy atom. The van der Waals surface area contributed by atoms with E-state index in [1.54, 1.807) is 26.8 Å². The van der Waals surface area contributed by atoms with Crippen LogP contribution in [-0.2, 0) is 4.74 Å². The van der Waals surface area contributed by atoms with E-state index in [4.69, 9.17) is 9.47 Å². The second kappa shape index (κ2) is 7.08. The molecule has 1 heterocycles. The number of methoxy groups -OCH3 is 1. The number of carbonyl (C=O) groups is 1. The minimum atomic E-state index is -0.929. The Hall–Kier alpha value is -2.64. The van der Waals surface area contributed by atoms with Crippen LogP contribution in [0.4, 0.5) is 14.9 Å². The van der Waals surface area contributed by atoms with Gasteiger partial charge in [-0.25, -0.2) is 4.79 Å². The van der Waals surface area contributed by atoms with Gasteiger partial charge in [0.15, 0.2) is 0 Å². The lowest BCUT2D eigenvalue weighted by Gasteiger charge is -2.30. The molecule has 0 aliphatic carbocycles. The largest absolute Gasteiger partial charge is 0.496 e. The van der Waals surface area contributed by atoms with Gasteiger partial charge >= 0.3 is 11.8 Å². The number of halogens is 1. The molecule has 0 saturated carbocycles. The van der Waals surface area contributed by atoms with Crippen molar-refractivity contribution in [2.24, 2.45) is 0 Å². The number of hydrogen-bond donors (Lipinski definition) is 0. The van der Waals surface area contributed by atoms with Crippen LogP contribution >= 0.6 is 0 Å². The van der Waals surface area contributed by atoms with Crippen LogP contribution in [0.3, 0.4) is 0 Å². The average molecular weight is 352 g/mol. The van der Waals surface area contributed by atoms with E-state index < -0.39 is 28.1 Å². The molecule has 2 rings (SSSR count). The summed E-state index contributed by atoms with van der Waals surface area (Å²) in [6.45, 7) is 5.89. The van der Waals surface area contributed by atoms with Crippen molar-refractivity contribution < 1.29 is 23.6 Å². The first-order valence-electron chi connectivity index (χ1n) is 7.82. The van der Waals surface area contributed by atoms with E-state index in [9.17, 15) is 19.3 Å². The summed E-state index contributed by atoms with van der Waals surface area (Å²) >= 11 is 0. The standard InChI is InChI=1S/C17H21FN2O5/c1-17(2,3)25-16(21)19-9-7-11(8-10-19)14-13(24-4)6-5-12(15(14)18)20(22)23/h5-7H,8-10H2,1-4H3. The highest BCUT2D eigenvalue weighted by Gasteiger charge is 2.28. The first-order chi connectivity index (χ1) is 11.6. The summed E-state index contributed by atoms with van der Waals surface area (Å²) in [5.74, 6) is -0.707. The first-order valence-corrected chi connectivity index (χ1v) is 7.82. The second-order valence-corrected chi connectivity index (χ2v) is 6.64. The SMILES string of the molecule is COc1ccc([N+](=O)[O-])c(F)c1C1=CCN(C(=O)OC(C)(C)C)CC1. The van der Waals surface area contributed by atoms with Gasteiger partial charge in [0.1, 0.15) is 11.4 Å². The maximum atomic E-state index is 14.6. The molecular formula is C17H21FN2O5. The van der Waals surface area contributed by atoms with E-state index in [1.165, 1.54) is 18.1 Å². The zero-order chi connectivity index (χ0) is 18.8. The number of hydrogen-bond acceptors (Lipinski definition) is 5. The topological polar surface area (TPSA) is 81.9 Å². The summed E-state index contributed by atoms with van der Waals surface area (Å²) in [6.07, 6.45) is 1.56. The molecule has 0 spiro atoms. The van der Waals surface area contributed by atoms with E-state index in [2.05, 4.69) is 0 Å². The molecule has 0 N–H and O–H groups in total. The molecule has 1 aromatic carbocycles. The maximum absolute atomic E-state index is 14.6. The highest BCUT2D eigenvalue weighted by Crippen LogP contribution is 2.36. The van der Waals surface area contributed by atoms with Gasteiger partial charge in [-0.05, 0) is 38.8 Å². The third-order valence-corrected chi connectivity index (χ3v) is 3.68. The summed E-state index contributed by atoms with van der Waals surface area (Å²) in [5.41, 5.74) is -0.569. The van der Waals surface area contributed by atoms with Crippen LogP contribution in [0, 0.1) is 15.9 Å². The summed E-state index contributed by atoms with van der Waals surface area (Å²) in [6, 6.07) is 2.45. The minimum Gasteiger partial charge on any atom is -0.496 e. The molecule has 7 nitrogen and oxygen atoms in total. The van der Waals surface area contributed by atoms with Crippen LogP contribution in [0.2, 0.25) is 0 Å². The molecular weight excluding hydrogens is 331 g/mol. The van der Waals surface area contributed by atoms with Gasteiger partial charge in [-0.15, -0.1) is 0 Å². The molecule has 0 fully saturated rings. The highest BCUT2D eigenvalue weighted by molar-refractivity contribution is 5.76. The van der Waals surface area contributed by atoms with Crippen molar-refractivity contribution in [2.75, 3.05) is 20.2 Å². The molecule has 0 unspecified atom stereocenters.